The number of halogens is 16. The summed E-state index contributed by atoms with van der Waals surface area (Å²) in [6.07, 6.45) is -5.89. The predicted molar refractivity (Wildman–Crippen MR) is 157 cm³/mol. The Kier molecular flexibility index (Phi) is 12.3. The van der Waals surface area contributed by atoms with E-state index in [1.807, 2.05) is 0 Å². The summed E-state index contributed by atoms with van der Waals surface area (Å²) < 4.78 is 238. The molecule has 0 aromatic heterocycles. The molecule has 0 saturated carbocycles. The number of alkyl halides is 16. The van der Waals surface area contributed by atoms with Gasteiger partial charge in [0.05, 0.1) is 0 Å². The van der Waals surface area contributed by atoms with Crippen LogP contribution in [-0.4, -0.2) is 70.6 Å². The second-order valence-electron chi connectivity index (χ2n) is 11.0. The van der Waals surface area contributed by atoms with Crippen LogP contribution in [0.15, 0.2) is 72.8 Å². The zero-order valence-corrected chi connectivity index (χ0v) is 27.9. The van der Waals surface area contributed by atoms with Crippen LogP contribution in [0.5, 0.6) is 0 Å². The van der Waals surface area contributed by atoms with Gasteiger partial charge in [-0.15, -0.1) is 0 Å². The quantitative estimate of drug-likeness (QED) is 0.101. The summed E-state index contributed by atoms with van der Waals surface area (Å²) in [6.45, 7) is 6.27. The SMILES string of the molecule is CCO[Si](OCC)(OCC)c1ccc(-c2ccc(-c3ccc(C(F)(F)C(F)(F)C(F)(F)C(F)(F)C(F)(F)C(F)(F)C(F)(F)C(F)F)cc3)cc2)cc1. The van der Waals surface area contributed by atoms with Gasteiger partial charge in [0.15, 0.2) is 0 Å². The standard InChI is InChI=1S/C32H28F16O3Si/c1-4-49-52(50-5-2,51-6-3)24-17-13-22(14-18-24)20-9-7-19(8-10-20)21-11-15-23(16-12-21)26(35,36)28(39,40)30(43,44)32(47,48)31(45,46)29(41,42)27(37,38)25(33)34/h7-18,25H,4-6H2,1-3H3. The van der Waals surface area contributed by atoms with E-state index in [9.17, 15) is 70.2 Å². The van der Waals surface area contributed by atoms with Crippen molar-refractivity contribution in [2.75, 3.05) is 19.8 Å². The van der Waals surface area contributed by atoms with Crippen molar-refractivity contribution in [2.45, 2.75) is 68.7 Å². The maximum Gasteiger partial charge on any atom is 0.537 e. The van der Waals surface area contributed by atoms with Gasteiger partial charge in [0.2, 0.25) is 0 Å². The first kappa shape index (κ1) is 43.0. The minimum absolute atomic E-state index is 0.00700. The van der Waals surface area contributed by atoms with E-state index in [0.29, 0.717) is 48.3 Å². The Hall–Kier alpha value is -3.36. The Balaban J connectivity index is 1.90. The molecule has 20 heteroatoms. The van der Waals surface area contributed by atoms with Gasteiger partial charge in [-0.25, -0.2) is 8.78 Å². The van der Waals surface area contributed by atoms with Crippen LogP contribution in [0.25, 0.3) is 22.3 Å². The molecule has 290 valence electrons. The lowest BCUT2D eigenvalue weighted by Gasteiger charge is -2.42. The Morgan fingerprint density at radius 3 is 1.06 bits per heavy atom. The van der Waals surface area contributed by atoms with E-state index in [-0.39, 0.29) is 23.3 Å². The van der Waals surface area contributed by atoms with Gasteiger partial charge in [0, 0.05) is 30.6 Å². The normalized spacial score (nSPS) is 14.3. The van der Waals surface area contributed by atoms with E-state index < -0.39 is 62.3 Å². The fourth-order valence-corrected chi connectivity index (χ4v) is 7.32. The average molecular weight is 793 g/mol. The fourth-order valence-electron chi connectivity index (χ4n) is 4.86. The van der Waals surface area contributed by atoms with Gasteiger partial charge >= 0.3 is 56.7 Å². The third-order valence-electron chi connectivity index (χ3n) is 7.70. The predicted octanol–water partition coefficient (Wildman–Crippen LogP) is 10.4. The molecule has 0 N–H and O–H groups in total. The van der Waals surface area contributed by atoms with E-state index in [1.165, 1.54) is 24.3 Å². The summed E-state index contributed by atoms with van der Waals surface area (Å²) in [5.74, 6) is -55.0. The van der Waals surface area contributed by atoms with Crippen LogP contribution in [0.2, 0.25) is 0 Å². The Bertz CT molecular complexity index is 1610. The first-order chi connectivity index (χ1) is 23.8. The van der Waals surface area contributed by atoms with E-state index in [1.54, 1.807) is 45.0 Å². The van der Waals surface area contributed by atoms with Crippen molar-refractivity contribution >= 4 is 14.0 Å². The number of benzene rings is 3. The van der Waals surface area contributed by atoms with E-state index in [0.717, 1.165) is 0 Å². The third-order valence-corrected chi connectivity index (χ3v) is 10.8. The molecule has 0 aliphatic rings. The molecule has 3 nitrogen and oxygen atoms in total. The topological polar surface area (TPSA) is 27.7 Å². The lowest BCUT2D eigenvalue weighted by molar-refractivity contribution is -0.448. The maximum atomic E-state index is 14.7. The monoisotopic (exact) mass is 792 g/mol. The van der Waals surface area contributed by atoms with Gasteiger partial charge in [0.1, 0.15) is 0 Å². The van der Waals surface area contributed by atoms with Crippen LogP contribution in [0, 0.1) is 0 Å². The van der Waals surface area contributed by atoms with Gasteiger partial charge in [0.25, 0.3) is 0 Å². The van der Waals surface area contributed by atoms with E-state index in [2.05, 4.69) is 0 Å². The van der Waals surface area contributed by atoms with Crippen molar-refractivity contribution in [3.63, 3.8) is 0 Å². The first-order valence-electron chi connectivity index (χ1n) is 14.9. The van der Waals surface area contributed by atoms with Crippen molar-refractivity contribution in [1.82, 2.24) is 0 Å². The summed E-state index contributed by atoms with van der Waals surface area (Å²) in [6, 6.07) is 14.1. The second kappa shape index (κ2) is 14.8. The molecule has 0 aliphatic carbocycles. The summed E-state index contributed by atoms with van der Waals surface area (Å²) in [7, 11) is -3.22. The van der Waals surface area contributed by atoms with Gasteiger partial charge in [-0.2, -0.15) is 61.5 Å². The largest absolute Gasteiger partial charge is 0.537 e. The Morgan fingerprint density at radius 2 is 0.731 bits per heavy atom. The molecule has 0 heterocycles. The number of hydrogen-bond donors (Lipinski definition) is 0. The van der Waals surface area contributed by atoms with Crippen molar-refractivity contribution in [3.05, 3.63) is 78.4 Å². The molecule has 0 unspecified atom stereocenters. The lowest BCUT2D eigenvalue weighted by atomic mass is 9.87. The van der Waals surface area contributed by atoms with Crippen molar-refractivity contribution in [2.24, 2.45) is 0 Å². The highest BCUT2D eigenvalue weighted by Crippen LogP contribution is 2.64. The smallest absolute Gasteiger partial charge is 0.370 e. The molecule has 0 saturated heterocycles. The molecule has 3 aromatic rings. The molecule has 3 aromatic carbocycles. The second-order valence-corrected chi connectivity index (χ2v) is 13.5. The van der Waals surface area contributed by atoms with Crippen LogP contribution in [0.1, 0.15) is 26.3 Å². The van der Waals surface area contributed by atoms with Gasteiger partial charge < -0.3 is 13.3 Å². The Labute approximate surface area is 286 Å². The molecular weight excluding hydrogens is 764 g/mol. The highest BCUT2D eigenvalue weighted by atomic mass is 28.4. The summed E-state index contributed by atoms with van der Waals surface area (Å²) in [5, 5.41) is 0.669. The fraction of sp³-hybridized carbons (Fsp3) is 0.438. The summed E-state index contributed by atoms with van der Waals surface area (Å²) in [4.78, 5) is 0. The first-order valence-corrected chi connectivity index (χ1v) is 16.7. The molecule has 52 heavy (non-hydrogen) atoms. The maximum absolute atomic E-state index is 14.7. The summed E-state index contributed by atoms with van der Waals surface area (Å²) in [5.41, 5.74) is -0.795. The molecule has 0 atom stereocenters. The molecule has 0 radical (unpaired) electrons. The van der Waals surface area contributed by atoms with Crippen molar-refractivity contribution in [3.8, 4) is 22.3 Å². The van der Waals surface area contributed by atoms with Crippen LogP contribution in [-0.2, 0) is 19.2 Å². The van der Waals surface area contributed by atoms with Crippen molar-refractivity contribution < 1.29 is 83.5 Å². The Morgan fingerprint density at radius 1 is 0.442 bits per heavy atom. The van der Waals surface area contributed by atoms with Gasteiger partial charge in [-0.3, -0.25) is 0 Å². The van der Waals surface area contributed by atoms with E-state index in [4.69, 9.17) is 13.3 Å². The molecule has 0 bridgehead atoms. The number of rotatable bonds is 17. The number of hydrogen-bond acceptors (Lipinski definition) is 3. The molecule has 0 aliphatic heterocycles. The van der Waals surface area contributed by atoms with Crippen LogP contribution >= 0.6 is 0 Å². The third kappa shape index (κ3) is 6.90. The average Bonchev–Trinajstić information content (AvgIpc) is 3.08. The molecule has 0 spiro atoms. The summed E-state index contributed by atoms with van der Waals surface area (Å²) >= 11 is 0. The van der Waals surface area contributed by atoms with Gasteiger partial charge in [-0.05, 0) is 43.0 Å². The highest BCUT2D eigenvalue weighted by molar-refractivity contribution is 6.75. The minimum atomic E-state index is -8.45. The van der Waals surface area contributed by atoms with Crippen molar-refractivity contribution in [1.29, 1.82) is 0 Å². The molecular formula is C32H28F16O3Si. The van der Waals surface area contributed by atoms with Crippen LogP contribution in [0.4, 0.5) is 70.2 Å². The highest BCUT2D eigenvalue weighted by Gasteiger charge is 2.93. The lowest BCUT2D eigenvalue weighted by Crippen LogP contribution is -2.73. The van der Waals surface area contributed by atoms with E-state index >= 15 is 0 Å². The minimum Gasteiger partial charge on any atom is -0.370 e. The van der Waals surface area contributed by atoms with Crippen LogP contribution in [0.3, 0.4) is 0 Å². The molecule has 0 amide bonds. The molecule has 0 fully saturated rings. The van der Waals surface area contributed by atoms with Crippen LogP contribution < -0.4 is 5.19 Å². The zero-order valence-electron chi connectivity index (χ0n) is 26.9. The molecule has 3 rings (SSSR count). The zero-order chi connectivity index (χ0) is 39.8. The van der Waals surface area contributed by atoms with Gasteiger partial charge in [-0.1, -0.05) is 72.8 Å².